The van der Waals surface area contributed by atoms with Gasteiger partial charge in [-0.2, -0.15) is 26.3 Å². The summed E-state index contributed by atoms with van der Waals surface area (Å²) >= 11 is 0. The van der Waals surface area contributed by atoms with E-state index in [0.29, 0.717) is 59.9 Å². The van der Waals surface area contributed by atoms with Crippen LogP contribution in [0.2, 0.25) is 0 Å². The molecule has 5 aromatic rings. The summed E-state index contributed by atoms with van der Waals surface area (Å²) in [6.45, 7) is 4.44. The molecule has 0 spiro atoms. The van der Waals surface area contributed by atoms with Gasteiger partial charge in [0.1, 0.15) is 0 Å². The van der Waals surface area contributed by atoms with Crippen LogP contribution in [0.4, 0.5) is 36.8 Å². The molecule has 258 valence electrons. The Morgan fingerprint density at radius 1 is 0.880 bits per heavy atom. The summed E-state index contributed by atoms with van der Waals surface area (Å²) in [5, 5.41) is 12.7. The Kier molecular flexibility index (Phi) is 9.12. The second kappa shape index (κ2) is 13.2. The molecule has 2 amide bonds. The Labute approximate surface area is 283 Å². The van der Waals surface area contributed by atoms with Crippen LogP contribution in [0.25, 0.3) is 33.8 Å². The molecule has 7 nitrogen and oxygen atoms in total. The van der Waals surface area contributed by atoms with Gasteiger partial charge in [0.05, 0.1) is 17.9 Å². The molecule has 0 radical (unpaired) electrons. The number of pyridine rings is 1. The zero-order valence-electron chi connectivity index (χ0n) is 26.9. The Hall–Kier alpha value is -5.30. The van der Waals surface area contributed by atoms with E-state index in [4.69, 9.17) is 9.97 Å². The zero-order valence-corrected chi connectivity index (χ0v) is 26.9. The smallest absolute Gasteiger partial charge is 0.369 e. The number of aromatic nitrogens is 3. The highest BCUT2D eigenvalue weighted by molar-refractivity contribution is 5.91. The molecule has 2 N–H and O–H groups in total. The van der Waals surface area contributed by atoms with E-state index < -0.39 is 29.5 Å². The van der Waals surface area contributed by atoms with Gasteiger partial charge in [0.25, 0.3) is 5.60 Å². The van der Waals surface area contributed by atoms with Crippen molar-refractivity contribution in [1.29, 1.82) is 0 Å². The lowest BCUT2D eigenvalue weighted by atomic mass is 9.90. The summed E-state index contributed by atoms with van der Waals surface area (Å²) in [7, 11) is 0. The quantitative estimate of drug-likeness (QED) is 0.174. The van der Waals surface area contributed by atoms with Crippen LogP contribution >= 0.6 is 0 Å². The Balaban J connectivity index is 1.28. The van der Waals surface area contributed by atoms with Crippen molar-refractivity contribution in [1.82, 2.24) is 19.9 Å². The van der Waals surface area contributed by atoms with Crippen molar-refractivity contribution in [3.8, 4) is 33.8 Å². The van der Waals surface area contributed by atoms with E-state index in [1.54, 1.807) is 35.5 Å². The van der Waals surface area contributed by atoms with Crippen LogP contribution in [0, 0.1) is 6.92 Å². The highest BCUT2D eigenvalue weighted by Gasteiger charge is 2.71. The summed E-state index contributed by atoms with van der Waals surface area (Å²) in [5.74, 6) is 0.534. The zero-order chi connectivity index (χ0) is 35.8. The van der Waals surface area contributed by atoms with Gasteiger partial charge >= 0.3 is 18.4 Å². The summed E-state index contributed by atoms with van der Waals surface area (Å²) in [5.41, 5.74) is 0.562. The van der Waals surface area contributed by atoms with E-state index in [1.165, 1.54) is 0 Å². The van der Waals surface area contributed by atoms with E-state index in [2.05, 4.69) is 10.3 Å². The fourth-order valence-corrected chi connectivity index (χ4v) is 6.00. The minimum atomic E-state index is -5.99. The predicted molar refractivity (Wildman–Crippen MR) is 176 cm³/mol. The van der Waals surface area contributed by atoms with Crippen molar-refractivity contribution < 1.29 is 36.2 Å². The van der Waals surface area contributed by atoms with Gasteiger partial charge in [0.15, 0.2) is 5.82 Å². The average molecular weight is 692 g/mol. The van der Waals surface area contributed by atoms with Crippen molar-refractivity contribution in [2.75, 3.05) is 11.9 Å². The van der Waals surface area contributed by atoms with Crippen LogP contribution in [0.15, 0.2) is 91.3 Å². The number of amides is 2. The van der Waals surface area contributed by atoms with E-state index >= 15 is 0 Å². The number of rotatable bonds is 6. The first-order valence-corrected chi connectivity index (χ1v) is 15.7. The van der Waals surface area contributed by atoms with Crippen LogP contribution in [-0.4, -0.2) is 49.9 Å². The number of nitrogens with one attached hydrogen (secondary N) is 1. The lowest BCUT2D eigenvalue weighted by Gasteiger charge is -2.32. The first-order chi connectivity index (χ1) is 23.7. The normalized spacial score (nSPS) is 13.6. The topological polar surface area (TPSA) is 91.2 Å². The van der Waals surface area contributed by atoms with Gasteiger partial charge in [-0.05, 0) is 59.9 Å². The molecule has 0 aliphatic carbocycles. The molecule has 0 atom stereocenters. The molecule has 3 aromatic carbocycles. The van der Waals surface area contributed by atoms with E-state index in [1.807, 2.05) is 50.2 Å². The SMILES string of the molecule is CCc1cc(NC(=O)N2CCc3nc(-c4cccnc4)nc(-c4ccccc4C)c3C2)cc(-c2ccc(C(O)(C(F)(F)F)C(F)(F)F)cc2)c1. The molecular weight excluding hydrogens is 660 g/mol. The standard InChI is InChI=1S/C37H31F6N5O2/c1-3-23-17-26(24-10-12-27(13-11-24)35(50,36(38,39)40)37(41,42)43)19-28(18-23)45-34(49)48-16-14-31-30(21-48)32(29-9-5-4-7-22(29)2)47-33(46-31)25-8-6-15-44-20-25/h4-13,15,17-20,50H,3,14,16,21H2,1-2H3,(H,45,49). The van der Waals surface area contributed by atoms with Gasteiger partial charge in [0.2, 0.25) is 0 Å². The number of urea groups is 1. The number of hydrogen-bond donors (Lipinski definition) is 2. The number of carbonyl (C=O) groups is 1. The summed E-state index contributed by atoms with van der Waals surface area (Å²) in [6.07, 6.45) is -7.61. The van der Waals surface area contributed by atoms with Crippen LogP contribution < -0.4 is 5.32 Å². The third-order valence-corrected chi connectivity index (χ3v) is 8.78. The van der Waals surface area contributed by atoms with E-state index in [9.17, 15) is 36.2 Å². The monoisotopic (exact) mass is 691 g/mol. The number of hydrogen-bond acceptors (Lipinski definition) is 5. The number of carbonyl (C=O) groups excluding carboxylic acids is 1. The number of halogens is 6. The maximum Gasteiger partial charge on any atom is 0.430 e. The van der Waals surface area contributed by atoms with Crippen molar-refractivity contribution in [2.24, 2.45) is 0 Å². The molecule has 0 unspecified atom stereocenters. The average Bonchev–Trinajstić information content (AvgIpc) is 3.10. The molecule has 0 saturated carbocycles. The summed E-state index contributed by atoms with van der Waals surface area (Å²) < 4.78 is 80.5. The Bertz CT molecular complexity index is 2020. The van der Waals surface area contributed by atoms with Gasteiger partial charge in [-0.15, -0.1) is 0 Å². The minimum absolute atomic E-state index is 0.223. The Morgan fingerprint density at radius 3 is 2.24 bits per heavy atom. The molecule has 1 aliphatic rings. The van der Waals surface area contributed by atoms with Gasteiger partial charge in [0, 0.05) is 53.3 Å². The minimum Gasteiger partial charge on any atom is -0.369 e. The first-order valence-electron chi connectivity index (χ1n) is 15.7. The number of alkyl halides is 6. The number of aryl methyl sites for hydroxylation is 2. The number of fused-ring (bicyclic) bond motifs is 1. The Morgan fingerprint density at radius 2 is 1.60 bits per heavy atom. The third kappa shape index (κ3) is 6.52. The molecule has 0 bridgehead atoms. The van der Waals surface area contributed by atoms with Crippen molar-refractivity contribution in [3.63, 3.8) is 0 Å². The molecule has 0 saturated heterocycles. The van der Waals surface area contributed by atoms with Gasteiger partial charge in [-0.1, -0.05) is 61.5 Å². The molecule has 2 aromatic heterocycles. The number of aliphatic hydroxyl groups is 1. The number of benzene rings is 3. The maximum absolute atomic E-state index is 13.7. The number of anilines is 1. The second-order valence-electron chi connectivity index (χ2n) is 12.0. The molecular formula is C37H31F6N5O2. The van der Waals surface area contributed by atoms with Gasteiger partial charge in [-0.25, -0.2) is 14.8 Å². The second-order valence-corrected chi connectivity index (χ2v) is 12.0. The highest BCUT2D eigenvalue weighted by Crippen LogP contribution is 2.50. The number of nitrogens with zero attached hydrogens (tertiary/aromatic N) is 4. The maximum atomic E-state index is 13.7. The van der Waals surface area contributed by atoms with Crippen LogP contribution in [0.1, 0.15) is 34.9 Å². The lowest BCUT2D eigenvalue weighted by molar-refractivity contribution is -0.376. The van der Waals surface area contributed by atoms with Crippen molar-refractivity contribution >= 4 is 11.7 Å². The predicted octanol–water partition coefficient (Wildman–Crippen LogP) is 8.65. The van der Waals surface area contributed by atoms with Crippen LogP contribution in [0.3, 0.4) is 0 Å². The third-order valence-electron chi connectivity index (χ3n) is 8.78. The van der Waals surface area contributed by atoms with Gasteiger partial charge in [-0.3, -0.25) is 4.98 Å². The van der Waals surface area contributed by atoms with E-state index in [-0.39, 0.29) is 6.54 Å². The van der Waals surface area contributed by atoms with Crippen LogP contribution in [0.5, 0.6) is 0 Å². The molecule has 3 heterocycles. The van der Waals surface area contributed by atoms with E-state index in [0.717, 1.165) is 45.6 Å². The first kappa shape index (κ1) is 34.6. The summed E-state index contributed by atoms with van der Waals surface area (Å²) in [6, 6.07) is 19.5. The fourth-order valence-electron chi connectivity index (χ4n) is 6.00. The molecule has 13 heteroatoms. The molecule has 6 rings (SSSR count). The highest BCUT2D eigenvalue weighted by atomic mass is 19.4. The molecule has 50 heavy (non-hydrogen) atoms. The summed E-state index contributed by atoms with van der Waals surface area (Å²) in [4.78, 5) is 29.3. The van der Waals surface area contributed by atoms with Crippen molar-refractivity contribution in [2.45, 2.75) is 51.2 Å². The van der Waals surface area contributed by atoms with Crippen molar-refractivity contribution in [3.05, 3.63) is 119 Å². The fraction of sp³-hybridized carbons (Fsp3) is 0.243. The molecule has 0 fully saturated rings. The van der Waals surface area contributed by atoms with Gasteiger partial charge < -0.3 is 15.3 Å². The lowest BCUT2D eigenvalue weighted by Crippen LogP contribution is -2.53. The molecule has 1 aliphatic heterocycles. The van der Waals surface area contributed by atoms with Crippen LogP contribution in [-0.2, 0) is 25.0 Å². The largest absolute Gasteiger partial charge is 0.430 e.